The van der Waals surface area contributed by atoms with Crippen LogP contribution in [0.2, 0.25) is 0 Å². The Balaban J connectivity index is 2.10. The summed E-state index contributed by atoms with van der Waals surface area (Å²) in [5.41, 5.74) is 7.00. The van der Waals surface area contributed by atoms with Crippen LogP contribution in [-0.4, -0.2) is 21.0 Å². The van der Waals surface area contributed by atoms with Crippen LogP contribution in [0.3, 0.4) is 0 Å². The van der Waals surface area contributed by atoms with Gasteiger partial charge in [0.2, 0.25) is 10.0 Å². The average molecular weight is 279 g/mol. The first-order valence-electron chi connectivity index (χ1n) is 6.20. The minimum Gasteiger partial charge on any atom is -0.326 e. The number of nitriles is 1. The maximum atomic E-state index is 12.1. The van der Waals surface area contributed by atoms with Crippen LogP contribution in [0.25, 0.3) is 0 Å². The molecular formula is C13H17N3O2S. The summed E-state index contributed by atoms with van der Waals surface area (Å²) in [6, 6.07) is 6.36. The summed E-state index contributed by atoms with van der Waals surface area (Å²) in [5, 5.41) is 8.82. The van der Waals surface area contributed by atoms with Gasteiger partial charge in [-0.2, -0.15) is 5.26 Å². The van der Waals surface area contributed by atoms with Crippen LogP contribution >= 0.6 is 0 Å². The van der Waals surface area contributed by atoms with Gasteiger partial charge in [-0.1, -0.05) is 0 Å². The van der Waals surface area contributed by atoms with Gasteiger partial charge in [-0.05, 0) is 49.4 Å². The lowest BCUT2D eigenvalue weighted by Crippen LogP contribution is -2.38. The van der Waals surface area contributed by atoms with E-state index in [1.54, 1.807) is 6.92 Å². The van der Waals surface area contributed by atoms with E-state index in [0.717, 1.165) is 12.8 Å². The molecule has 5 nitrogen and oxygen atoms in total. The highest BCUT2D eigenvalue weighted by molar-refractivity contribution is 7.89. The number of nitrogens with zero attached hydrogens (tertiary/aromatic N) is 1. The third-order valence-electron chi connectivity index (χ3n) is 3.37. The molecule has 1 aromatic carbocycles. The quantitative estimate of drug-likeness (QED) is 0.836. The van der Waals surface area contributed by atoms with E-state index in [4.69, 9.17) is 11.0 Å². The van der Waals surface area contributed by atoms with E-state index in [0.29, 0.717) is 17.0 Å². The van der Waals surface area contributed by atoms with Crippen LogP contribution in [0, 0.1) is 24.2 Å². The van der Waals surface area contributed by atoms with Crippen LogP contribution in [0.4, 0.5) is 0 Å². The summed E-state index contributed by atoms with van der Waals surface area (Å²) in [6.07, 6.45) is 2.16. The van der Waals surface area contributed by atoms with Crippen molar-refractivity contribution in [1.82, 2.24) is 4.72 Å². The lowest BCUT2D eigenvalue weighted by atomic mass is 10.1. The number of sulfonamides is 1. The van der Waals surface area contributed by atoms with Crippen molar-refractivity contribution in [3.63, 3.8) is 0 Å². The molecule has 0 saturated heterocycles. The van der Waals surface area contributed by atoms with Crippen molar-refractivity contribution in [3.8, 4) is 6.07 Å². The highest BCUT2D eigenvalue weighted by atomic mass is 32.2. The third kappa shape index (κ3) is 3.32. The fraction of sp³-hybridized carbons (Fsp3) is 0.462. The van der Waals surface area contributed by atoms with Crippen molar-refractivity contribution < 1.29 is 8.42 Å². The van der Waals surface area contributed by atoms with Gasteiger partial charge in [0, 0.05) is 12.6 Å². The smallest absolute Gasteiger partial charge is 0.240 e. The predicted octanol–water partition coefficient (Wildman–Crippen LogP) is 0.882. The van der Waals surface area contributed by atoms with Crippen LogP contribution in [0.15, 0.2) is 23.1 Å². The number of hydrogen-bond donors (Lipinski definition) is 2. The fourth-order valence-corrected chi connectivity index (χ4v) is 3.07. The molecule has 1 saturated carbocycles. The van der Waals surface area contributed by atoms with Gasteiger partial charge < -0.3 is 5.73 Å². The summed E-state index contributed by atoms with van der Waals surface area (Å²) < 4.78 is 26.7. The highest BCUT2D eigenvalue weighted by Gasteiger charge is 2.29. The molecule has 102 valence electrons. The molecule has 6 heteroatoms. The zero-order chi connectivity index (χ0) is 14.0. The lowest BCUT2D eigenvalue weighted by molar-refractivity contribution is 0.547. The molecule has 1 unspecified atom stereocenters. The minimum atomic E-state index is -3.55. The number of aryl methyl sites for hydroxylation is 1. The van der Waals surface area contributed by atoms with Gasteiger partial charge in [0.15, 0.2) is 0 Å². The monoisotopic (exact) mass is 279 g/mol. The number of nitrogens with two attached hydrogens (primary N) is 1. The minimum absolute atomic E-state index is 0.116. The summed E-state index contributed by atoms with van der Waals surface area (Å²) in [5.74, 6) is 0.449. The fourth-order valence-electron chi connectivity index (χ4n) is 1.91. The topological polar surface area (TPSA) is 96.0 Å². The molecule has 1 fully saturated rings. The summed E-state index contributed by atoms with van der Waals surface area (Å²) in [6.45, 7) is 1.97. The van der Waals surface area contributed by atoms with Gasteiger partial charge >= 0.3 is 0 Å². The Hall–Kier alpha value is -1.42. The SMILES string of the molecule is Cc1cc(S(=O)(=O)NCC(N)C2CC2)ccc1C#N. The van der Waals surface area contributed by atoms with E-state index in [1.165, 1.54) is 18.2 Å². The molecule has 0 heterocycles. The standard InChI is InChI=1S/C13H17N3O2S/c1-9-6-12(5-4-11(9)7-14)19(17,18)16-8-13(15)10-2-3-10/h4-6,10,13,16H,2-3,8,15H2,1H3. The van der Waals surface area contributed by atoms with E-state index in [-0.39, 0.29) is 17.5 Å². The molecule has 1 aromatic rings. The van der Waals surface area contributed by atoms with E-state index in [2.05, 4.69) is 4.72 Å². The van der Waals surface area contributed by atoms with Crippen molar-refractivity contribution in [2.24, 2.45) is 11.7 Å². The molecule has 2 rings (SSSR count). The molecule has 0 aliphatic heterocycles. The second-order valence-electron chi connectivity index (χ2n) is 4.94. The number of nitrogens with one attached hydrogen (secondary N) is 1. The van der Waals surface area contributed by atoms with E-state index >= 15 is 0 Å². The van der Waals surface area contributed by atoms with Gasteiger partial charge in [-0.3, -0.25) is 0 Å². The Morgan fingerprint density at radius 1 is 1.53 bits per heavy atom. The second kappa shape index (κ2) is 5.29. The molecule has 1 atom stereocenters. The Bertz CT molecular complexity index is 615. The van der Waals surface area contributed by atoms with Crippen molar-refractivity contribution in [1.29, 1.82) is 5.26 Å². The van der Waals surface area contributed by atoms with Gasteiger partial charge in [0.25, 0.3) is 0 Å². The molecule has 3 N–H and O–H groups in total. The van der Waals surface area contributed by atoms with Crippen molar-refractivity contribution in [3.05, 3.63) is 29.3 Å². The van der Waals surface area contributed by atoms with Crippen LogP contribution in [-0.2, 0) is 10.0 Å². The summed E-state index contributed by atoms with van der Waals surface area (Å²) >= 11 is 0. The Kier molecular flexibility index (Phi) is 3.90. The number of benzene rings is 1. The van der Waals surface area contributed by atoms with Gasteiger partial charge in [0.05, 0.1) is 16.5 Å². The molecule has 0 amide bonds. The third-order valence-corrected chi connectivity index (χ3v) is 4.79. The molecule has 0 bridgehead atoms. The maximum absolute atomic E-state index is 12.1. The molecule has 19 heavy (non-hydrogen) atoms. The van der Waals surface area contributed by atoms with Gasteiger partial charge in [-0.15, -0.1) is 0 Å². The Morgan fingerprint density at radius 3 is 2.74 bits per heavy atom. The van der Waals surface area contributed by atoms with E-state index in [1.807, 2.05) is 6.07 Å². The molecule has 1 aliphatic carbocycles. The zero-order valence-electron chi connectivity index (χ0n) is 10.8. The second-order valence-corrected chi connectivity index (χ2v) is 6.71. The zero-order valence-corrected chi connectivity index (χ0v) is 11.6. The first-order valence-corrected chi connectivity index (χ1v) is 7.68. The first kappa shape index (κ1) is 14.0. The van der Waals surface area contributed by atoms with Gasteiger partial charge in [-0.25, -0.2) is 13.1 Å². The Morgan fingerprint density at radius 2 is 2.21 bits per heavy atom. The summed E-state index contributed by atoms with van der Waals surface area (Å²) in [7, 11) is -3.55. The molecular weight excluding hydrogens is 262 g/mol. The van der Waals surface area contributed by atoms with Crippen molar-refractivity contribution in [2.75, 3.05) is 6.54 Å². The summed E-state index contributed by atoms with van der Waals surface area (Å²) in [4.78, 5) is 0.173. The Labute approximate surface area is 113 Å². The van der Waals surface area contributed by atoms with Crippen LogP contribution in [0.5, 0.6) is 0 Å². The molecule has 0 spiro atoms. The van der Waals surface area contributed by atoms with Crippen molar-refractivity contribution in [2.45, 2.75) is 30.7 Å². The highest BCUT2D eigenvalue weighted by Crippen LogP contribution is 2.31. The van der Waals surface area contributed by atoms with E-state index in [9.17, 15) is 8.42 Å². The van der Waals surface area contributed by atoms with E-state index < -0.39 is 10.0 Å². The molecule has 0 radical (unpaired) electrons. The predicted molar refractivity (Wildman–Crippen MR) is 71.8 cm³/mol. The molecule has 1 aliphatic rings. The number of hydrogen-bond acceptors (Lipinski definition) is 4. The van der Waals surface area contributed by atoms with Crippen LogP contribution in [0.1, 0.15) is 24.0 Å². The first-order chi connectivity index (χ1) is 8.94. The van der Waals surface area contributed by atoms with Crippen LogP contribution < -0.4 is 10.5 Å². The largest absolute Gasteiger partial charge is 0.326 e. The van der Waals surface area contributed by atoms with Crippen molar-refractivity contribution >= 4 is 10.0 Å². The molecule has 0 aromatic heterocycles. The maximum Gasteiger partial charge on any atom is 0.240 e. The van der Waals surface area contributed by atoms with Gasteiger partial charge in [0.1, 0.15) is 0 Å². The lowest BCUT2D eigenvalue weighted by Gasteiger charge is -2.12. The average Bonchev–Trinajstić information content (AvgIpc) is 3.20. The normalized spacial score (nSPS) is 16.9. The number of rotatable bonds is 5.